The van der Waals surface area contributed by atoms with Gasteiger partial charge in [0.2, 0.25) is 0 Å². The first-order chi connectivity index (χ1) is 10.7. The fourth-order valence-electron chi connectivity index (χ4n) is 2.42. The van der Waals surface area contributed by atoms with Gasteiger partial charge in [-0.2, -0.15) is 5.10 Å². The average Bonchev–Trinajstić information content (AvgIpc) is 3.10. The number of hydrogen-bond donors (Lipinski definition) is 2. The van der Waals surface area contributed by atoms with Crippen LogP contribution in [0.3, 0.4) is 0 Å². The highest BCUT2D eigenvalue weighted by molar-refractivity contribution is 9.10. The number of rotatable bonds is 2. The lowest BCUT2D eigenvalue weighted by Crippen LogP contribution is -2.12. The first-order valence-electron chi connectivity index (χ1n) is 6.74. The zero-order valence-electron chi connectivity index (χ0n) is 11.4. The van der Waals surface area contributed by atoms with Gasteiger partial charge in [-0.15, -0.1) is 0 Å². The number of nitrogens with zero attached hydrogens (tertiary/aromatic N) is 2. The van der Waals surface area contributed by atoms with Crippen molar-refractivity contribution >= 4 is 44.1 Å². The second kappa shape index (κ2) is 4.99. The fraction of sp³-hybridized carbons (Fsp3) is 0. The second-order valence-corrected chi connectivity index (χ2v) is 5.79. The van der Waals surface area contributed by atoms with E-state index in [1.54, 1.807) is 4.52 Å². The molecule has 0 saturated carbocycles. The van der Waals surface area contributed by atoms with E-state index in [0.29, 0.717) is 11.5 Å². The number of pyridine rings is 1. The predicted octanol–water partition coefficient (Wildman–Crippen LogP) is 3.83. The quantitative estimate of drug-likeness (QED) is 0.574. The van der Waals surface area contributed by atoms with Crippen molar-refractivity contribution in [2.75, 3.05) is 5.32 Å². The molecule has 0 aliphatic heterocycles. The minimum Gasteiger partial charge on any atom is -0.350 e. The first-order valence-corrected chi connectivity index (χ1v) is 7.53. The van der Waals surface area contributed by atoms with Crippen molar-refractivity contribution in [1.29, 1.82) is 0 Å². The number of aromatic nitrogens is 3. The summed E-state index contributed by atoms with van der Waals surface area (Å²) in [6.45, 7) is 0. The van der Waals surface area contributed by atoms with Crippen LogP contribution in [0.25, 0.3) is 16.4 Å². The molecule has 1 aromatic carbocycles. The Balaban J connectivity index is 1.66. The summed E-state index contributed by atoms with van der Waals surface area (Å²) in [5, 5.41) is 8.10. The van der Waals surface area contributed by atoms with Crippen LogP contribution in [-0.2, 0) is 0 Å². The lowest BCUT2D eigenvalue weighted by Gasteiger charge is -1.98. The van der Waals surface area contributed by atoms with E-state index in [4.69, 9.17) is 0 Å². The average molecular weight is 355 g/mol. The van der Waals surface area contributed by atoms with E-state index in [1.807, 2.05) is 54.7 Å². The Morgan fingerprint density at radius 1 is 1.18 bits per heavy atom. The third kappa shape index (κ3) is 2.17. The number of benzene rings is 1. The molecule has 0 radical (unpaired) electrons. The molecule has 0 aliphatic carbocycles. The predicted molar refractivity (Wildman–Crippen MR) is 89.1 cm³/mol. The van der Waals surface area contributed by atoms with Crippen molar-refractivity contribution in [2.24, 2.45) is 0 Å². The van der Waals surface area contributed by atoms with Crippen LogP contribution in [0.4, 0.5) is 5.82 Å². The van der Waals surface area contributed by atoms with Crippen molar-refractivity contribution in [3.63, 3.8) is 0 Å². The molecule has 0 saturated heterocycles. The molecule has 4 rings (SSSR count). The Labute approximate surface area is 134 Å². The van der Waals surface area contributed by atoms with Gasteiger partial charge in [0.05, 0.1) is 5.52 Å². The van der Waals surface area contributed by atoms with Gasteiger partial charge < -0.3 is 10.3 Å². The highest BCUT2D eigenvalue weighted by atomic mass is 79.9. The summed E-state index contributed by atoms with van der Waals surface area (Å²) in [5.74, 6) is 0.306. The van der Waals surface area contributed by atoms with Gasteiger partial charge in [-0.25, -0.2) is 4.52 Å². The number of fused-ring (bicyclic) bond motifs is 2. The maximum atomic E-state index is 12.4. The zero-order valence-corrected chi connectivity index (χ0v) is 13.0. The molecule has 2 N–H and O–H groups in total. The number of amides is 1. The molecule has 0 spiro atoms. The topological polar surface area (TPSA) is 62.2 Å². The molecule has 5 nitrogen and oxygen atoms in total. The molecule has 108 valence electrons. The Hall–Kier alpha value is -2.60. The van der Waals surface area contributed by atoms with E-state index in [1.165, 1.54) is 0 Å². The number of carbonyl (C=O) groups excluding carboxylic acids is 1. The maximum absolute atomic E-state index is 12.4. The molecule has 3 heterocycles. The second-order valence-electron chi connectivity index (χ2n) is 4.94. The number of carbonyl (C=O) groups is 1. The van der Waals surface area contributed by atoms with Crippen LogP contribution < -0.4 is 5.32 Å². The summed E-state index contributed by atoms with van der Waals surface area (Å²) in [6.07, 6.45) is 1.84. The van der Waals surface area contributed by atoms with Gasteiger partial charge in [-0.3, -0.25) is 4.79 Å². The molecule has 0 bridgehead atoms. The summed E-state index contributed by atoms with van der Waals surface area (Å²) >= 11 is 3.48. The smallest absolute Gasteiger partial charge is 0.273 e. The lowest BCUT2D eigenvalue weighted by atomic mass is 10.2. The molecule has 6 heteroatoms. The fourth-order valence-corrected chi connectivity index (χ4v) is 2.90. The van der Waals surface area contributed by atoms with Gasteiger partial charge in [0, 0.05) is 27.6 Å². The largest absolute Gasteiger partial charge is 0.350 e. The molecular formula is C16H11BrN4O. The number of H-pyrrole nitrogens is 1. The number of hydrogen-bond acceptors (Lipinski definition) is 2. The summed E-state index contributed by atoms with van der Waals surface area (Å²) in [4.78, 5) is 15.5. The third-order valence-electron chi connectivity index (χ3n) is 3.47. The van der Waals surface area contributed by atoms with Crippen LogP contribution in [0.15, 0.2) is 59.2 Å². The SMILES string of the molecule is O=C(Nc1cc2ccccn2n1)c1cc2c(Br)cccc2[nH]1. The Bertz CT molecular complexity index is 969. The van der Waals surface area contributed by atoms with Gasteiger partial charge in [-0.1, -0.05) is 28.1 Å². The Morgan fingerprint density at radius 2 is 2.09 bits per heavy atom. The van der Waals surface area contributed by atoms with Crippen LogP contribution in [0.1, 0.15) is 10.5 Å². The van der Waals surface area contributed by atoms with Crippen LogP contribution in [0.2, 0.25) is 0 Å². The van der Waals surface area contributed by atoms with Crippen LogP contribution in [-0.4, -0.2) is 20.5 Å². The number of nitrogens with one attached hydrogen (secondary N) is 2. The zero-order chi connectivity index (χ0) is 15.1. The van der Waals surface area contributed by atoms with Crippen LogP contribution in [0.5, 0.6) is 0 Å². The molecule has 0 atom stereocenters. The Kier molecular flexibility index (Phi) is 2.97. The molecule has 3 aromatic heterocycles. The van der Waals surface area contributed by atoms with Gasteiger partial charge in [0.15, 0.2) is 5.82 Å². The van der Waals surface area contributed by atoms with E-state index in [0.717, 1.165) is 20.9 Å². The molecule has 22 heavy (non-hydrogen) atoms. The number of aromatic amines is 1. The summed E-state index contributed by atoms with van der Waals surface area (Å²) < 4.78 is 2.67. The normalized spacial score (nSPS) is 11.1. The van der Waals surface area contributed by atoms with E-state index in [2.05, 4.69) is 31.3 Å². The minimum atomic E-state index is -0.216. The van der Waals surface area contributed by atoms with Crippen molar-refractivity contribution in [3.8, 4) is 0 Å². The molecule has 0 unspecified atom stereocenters. The summed E-state index contributed by atoms with van der Waals surface area (Å²) in [6, 6.07) is 15.2. The van der Waals surface area contributed by atoms with Crippen molar-refractivity contribution in [2.45, 2.75) is 0 Å². The Morgan fingerprint density at radius 3 is 2.91 bits per heavy atom. The highest BCUT2D eigenvalue weighted by Gasteiger charge is 2.12. The number of halogens is 1. The van der Waals surface area contributed by atoms with Gasteiger partial charge in [0.25, 0.3) is 5.91 Å². The van der Waals surface area contributed by atoms with Crippen molar-refractivity contribution in [1.82, 2.24) is 14.6 Å². The number of anilines is 1. The third-order valence-corrected chi connectivity index (χ3v) is 4.16. The molecule has 1 amide bonds. The van der Waals surface area contributed by atoms with Crippen molar-refractivity contribution in [3.05, 3.63) is 64.9 Å². The lowest BCUT2D eigenvalue weighted by molar-refractivity contribution is 0.102. The molecule has 4 aromatic rings. The van der Waals surface area contributed by atoms with E-state index >= 15 is 0 Å². The molecule has 0 fully saturated rings. The molecular weight excluding hydrogens is 344 g/mol. The summed E-state index contributed by atoms with van der Waals surface area (Å²) in [7, 11) is 0. The first kappa shape index (κ1) is 13.1. The van der Waals surface area contributed by atoms with E-state index in [9.17, 15) is 4.79 Å². The van der Waals surface area contributed by atoms with Gasteiger partial charge in [-0.05, 0) is 30.3 Å². The van der Waals surface area contributed by atoms with E-state index < -0.39 is 0 Å². The highest BCUT2D eigenvalue weighted by Crippen LogP contribution is 2.24. The standard InChI is InChI=1S/C16H11BrN4O/c17-12-5-3-6-13-11(12)9-14(18-13)16(22)19-15-8-10-4-1-2-7-21(10)20-15/h1-9,18H,(H,19,20,22). The minimum absolute atomic E-state index is 0.216. The van der Waals surface area contributed by atoms with Gasteiger partial charge >= 0.3 is 0 Å². The van der Waals surface area contributed by atoms with Crippen LogP contribution >= 0.6 is 15.9 Å². The maximum Gasteiger partial charge on any atom is 0.273 e. The van der Waals surface area contributed by atoms with Crippen molar-refractivity contribution < 1.29 is 4.79 Å². The molecule has 0 aliphatic rings. The summed E-state index contributed by atoms with van der Waals surface area (Å²) in [5.41, 5.74) is 2.34. The monoisotopic (exact) mass is 354 g/mol. The van der Waals surface area contributed by atoms with Gasteiger partial charge in [0.1, 0.15) is 5.69 Å². The van der Waals surface area contributed by atoms with Crippen LogP contribution in [0, 0.1) is 0 Å². The van der Waals surface area contributed by atoms with E-state index in [-0.39, 0.29) is 5.91 Å².